The van der Waals surface area contributed by atoms with Gasteiger partial charge in [0.2, 0.25) is 6.33 Å². The van der Waals surface area contributed by atoms with E-state index in [1.165, 1.54) is 10.9 Å². The van der Waals surface area contributed by atoms with Crippen LogP contribution in [0.4, 0.5) is 0 Å². The Morgan fingerprint density at radius 2 is 2.17 bits per heavy atom. The van der Waals surface area contributed by atoms with Crippen LogP contribution in [0, 0.1) is 6.92 Å². The number of aromatic nitrogens is 3. The lowest BCUT2D eigenvalue weighted by atomic mass is 10.2. The predicted molar refractivity (Wildman–Crippen MR) is 64.3 cm³/mol. The van der Waals surface area contributed by atoms with E-state index in [0.29, 0.717) is 11.4 Å². The predicted octanol–water partition coefficient (Wildman–Crippen LogP) is 1.17. The molecule has 0 aliphatic heterocycles. The van der Waals surface area contributed by atoms with Crippen molar-refractivity contribution in [3.63, 3.8) is 0 Å². The standard InChI is InChI=1S/C13H10N3O2/c1-9-3-2-4-10-7-16(13(17)18-12(9)10)11-5-6-14-8-15-11/h2-8H,1H3/q+1. The molecule has 1 aromatic carbocycles. The Morgan fingerprint density at radius 3 is 2.94 bits per heavy atom. The van der Waals surface area contributed by atoms with Crippen molar-refractivity contribution >= 4 is 11.0 Å². The van der Waals surface area contributed by atoms with Crippen molar-refractivity contribution in [3.8, 4) is 5.82 Å². The average Bonchev–Trinajstić information content (AvgIpc) is 2.40. The molecule has 2 aromatic heterocycles. The van der Waals surface area contributed by atoms with Crippen LogP contribution in [0.1, 0.15) is 5.56 Å². The van der Waals surface area contributed by atoms with Gasteiger partial charge < -0.3 is 4.42 Å². The van der Waals surface area contributed by atoms with Gasteiger partial charge in [0.15, 0.2) is 0 Å². The van der Waals surface area contributed by atoms with Crippen LogP contribution in [-0.2, 0) is 0 Å². The largest absolute Gasteiger partial charge is 0.517 e. The number of hydrogen-bond donors (Lipinski definition) is 0. The van der Waals surface area contributed by atoms with Crippen molar-refractivity contribution < 1.29 is 8.98 Å². The quantitative estimate of drug-likeness (QED) is 0.599. The number of fused-ring (bicyclic) bond motifs is 1. The highest BCUT2D eigenvalue weighted by Crippen LogP contribution is 2.14. The minimum absolute atomic E-state index is 0.462. The first kappa shape index (κ1) is 10.6. The number of benzene rings is 1. The molecule has 0 atom stereocenters. The van der Waals surface area contributed by atoms with Gasteiger partial charge in [-0.1, -0.05) is 12.1 Å². The lowest BCUT2D eigenvalue weighted by molar-refractivity contribution is -0.627. The monoisotopic (exact) mass is 240 g/mol. The maximum absolute atomic E-state index is 11.9. The molecular weight excluding hydrogens is 230 g/mol. The first-order chi connectivity index (χ1) is 8.75. The molecule has 0 aliphatic rings. The van der Waals surface area contributed by atoms with Crippen LogP contribution in [0.15, 0.2) is 52.2 Å². The molecular formula is C13H10N3O2+. The highest BCUT2D eigenvalue weighted by Gasteiger charge is 2.14. The zero-order valence-electron chi connectivity index (χ0n) is 9.70. The van der Waals surface area contributed by atoms with Gasteiger partial charge in [0.05, 0.1) is 11.5 Å². The minimum Gasteiger partial charge on any atom is -0.391 e. The molecule has 88 valence electrons. The lowest BCUT2D eigenvalue weighted by Crippen LogP contribution is -2.47. The summed E-state index contributed by atoms with van der Waals surface area (Å²) in [5, 5.41) is 0.855. The topological polar surface area (TPSA) is 59.9 Å². The van der Waals surface area contributed by atoms with E-state index in [4.69, 9.17) is 4.42 Å². The van der Waals surface area contributed by atoms with Crippen LogP contribution in [0.3, 0.4) is 0 Å². The molecule has 0 spiro atoms. The Balaban J connectivity index is 2.33. The molecule has 3 rings (SSSR count). The van der Waals surface area contributed by atoms with Crippen LogP contribution in [0.25, 0.3) is 16.8 Å². The molecule has 0 unspecified atom stereocenters. The minimum atomic E-state index is -0.462. The number of hydrogen-bond acceptors (Lipinski definition) is 4. The normalized spacial score (nSPS) is 10.7. The fourth-order valence-electron chi connectivity index (χ4n) is 1.83. The van der Waals surface area contributed by atoms with E-state index in [9.17, 15) is 4.79 Å². The number of aryl methyl sites for hydroxylation is 1. The van der Waals surface area contributed by atoms with Gasteiger partial charge in [-0.15, -0.1) is 4.57 Å². The van der Waals surface area contributed by atoms with E-state index >= 15 is 0 Å². The Bertz CT molecular complexity index is 766. The van der Waals surface area contributed by atoms with Gasteiger partial charge in [0.1, 0.15) is 11.8 Å². The highest BCUT2D eigenvalue weighted by atomic mass is 16.4. The molecule has 2 heterocycles. The summed E-state index contributed by atoms with van der Waals surface area (Å²) in [6.45, 7) is 1.90. The Kier molecular flexibility index (Phi) is 2.37. The maximum Gasteiger partial charge on any atom is 0.517 e. The zero-order chi connectivity index (χ0) is 12.5. The van der Waals surface area contributed by atoms with Crippen molar-refractivity contribution in [1.82, 2.24) is 9.97 Å². The second kappa shape index (κ2) is 4.03. The third-order valence-corrected chi connectivity index (χ3v) is 2.71. The second-order valence-electron chi connectivity index (χ2n) is 3.93. The van der Waals surface area contributed by atoms with Crippen LogP contribution in [0.5, 0.6) is 0 Å². The summed E-state index contributed by atoms with van der Waals surface area (Å²) in [7, 11) is 0. The highest BCUT2D eigenvalue weighted by molar-refractivity contribution is 5.77. The van der Waals surface area contributed by atoms with E-state index in [1.54, 1.807) is 18.5 Å². The van der Waals surface area contributed by atoms with Crippen molar-refractivity contribution in [2.24, 2.45) is 0 Å². The number of rotatable bonds is 1. The van der Waals surface area contributed by atoms with Gasteiger partial charge in [-0.2, -0.15) is 4.79 Å². The van der Waals surface area contributed by atoms with Crippen molar-refractivity contribution in [1.29, 1.82) is 0 Å². The first-order valence-corrected chi connectivity index (χ1v) is 5.47. The van der Waals surface area contributed by atoms with Crippen LogP contribution < -0.4 is 10.3 Å². The van der Waals surface area contributed by atoms with Crippen LogP contribution in [0.2, 0.25) is 0 Å². The third kappa shape index (κ3) is 1.66. The van der Waals surface area contributed by atoms with Crippen molar-refractivity contribution in [3.05, 3.63) is 59.1 Å². The fourth-order valence-corrected chi connectivity index (χ4v) is 1.83. The molecule has 0 saturated heterocycles. The van der Waals surface area contributed by atoms with Gasteiger partial charge in [-0.3, -0.25) is 0 Å². The maximum atomic E-state index is 11.9. The van der Waals surface area contributed by atoms with Gasteiger partial charge in [-0.05, 0) is 23.5 Å². The third-order valence-electron chi connectivity index (χ3n) is 2.71. The van der Waals surface area contributed by atoms with Crippen molar-refractivity contribution in [2.45, 2.75) is 6.92 Å². The Morgan fingerprint density at radius 1 is 1.28 bits per heavy atom. The number of nitrogens with zero attached hydrogens (tertiary/aromatic N) is 3. The molecule has 0 saturated carbocycles. The van der Waals surface area contributed by atoms with Crippen LogP contribution >= 0.6 is 0 Å². The second-order valence-corrected chi connectivity index (χ2v) is 3.93. The van der Waals surface area contributed by atoms with Gasteiger partial charge in [-0.25, -0.2) is 4.98 Å². The molecule has 0 N–H and O–H groups in total. The fraction of sp³-hybridized carbons (Fsp3) is 0.0769. The number of para-hydroxylation sites is 1. The molecule has 0 radical (unpaired) electrons. The lowest BCUT2D eigenvalue weighted by Gasteiger charge is -2.00. The molecule has 5 heteroatoms. The molecule has 0 bridgehead atoms. The van der Waals surface area contributed by atoms with E-state index in [2.05, 4.69) is 9.97 Å². The molecule has 5 nitrogen and oxygen atoms in total. The average molecular weight is 240 g/mol. The molecule has 0 fully saturated rings. The summed E-state index contributed by atoms with van der Waals surface area (Å²) >= 11 is 0. The van der Waals surface area contributed by atoms with Crippen LogP contribution in [-0.4, -0.2) is 9.97 Å². The summed E-state index contributed by atoms with van der Waals surface area (Å²) in [6, 6.07) is 7.36. The van der Waals surface area contributed by atoms with Gasteiger partial charge in [0.25, 0.3) is 0 Å². The smallest absolute Gasteiger partial charge is 0.391 e. The molecule has 0 amide bonds. The summed E-state index contributed by atoms with van der Waals surface area (Å²) < 4.78 is 6.69. The first-order valence-electron chi connectivity index (χ1n) is 5.47. The van der Waals surface area contributed by atoms with Gasteiger partial charge >= 0.3 is 11.6 Å². The SMILES string of the molecule is Cc1cccc2c[n+](-c3ccncn3)c(=O)oc12. The Hall–Kier alpha value is -2.56. The molecule has 3 aromatic rings. The van der Waals surface area contributed by atoms with Gasteiger partial charge in [0, 0.05) is 6.20 Å². The summed E-state index contributed by atoms with van der Waals surface area (Å²) in [6.07, 6.45) is 4.69. The Labute approximate surface area is 102 Å². The zero-order valence-corrected chi connectivity index (χ0v) is 9.70. The van der Waals surface area contributed by atoms with E-state index in [-0.39, 0.29) is 0 Å². The molecule has 0 aliphatic carbocycles. The summed E-state index contributed by atoms with van der Waals surface area (Å²) in [4.78, 5) is 19.8. The summed E-state index contributed by atoms with van der Waals surface area (Å²) in [5.74, 6) is 0.0256. The molecule has 18 heavy (non-hydrogen) atoms. The van der Waals surface area contributed by atoms with Crippen molar-refractivity contribution in [2.75, 3.05) is 0 Å². The summed E-state index contributed by atoms with van der Waals surface area (Å²) in [5.41, 5.74) is 1.53. The van der Waals surface area contributed by atoms with E-state index < -0.39 is 5.76 Å². The van der Waals surface area contributed by atoms with E-state index in [0.717, 1.165) is 10.9 Å². The van der Waals surface area contributed by atoms with E-state index in [1.807, 2.05) is 25.1 Å².